The molecule has 0 amide bonds. The van der Waals surface area contributed by atoms with E-state index in [-0.39, 0.29) is 11.9 Å². The highest BCUT2D eigenvalue weighted by atomic mass is 79.9. The van der Waals surface area contributed by atoms with Crippen LogP contribution in [0.3, 0.4) is 0 Å². The molecule has 0 aromatic heterocycles. The normalized spacial score (nSPS) is 20.2. The maximum absolute atomic E-state index is 13.6. The molecule has 1 atom stereocenters. The van der Waals surface area contributed by atoms with Crippen LogP contribution in [-0.2, 0) is 4.74 Å². The standard InChI is InChI=1S/C13H18BrFN2O/c1-2-18-9-4-3-5-17(8-9)13-7-11(15)10(14)6-12(13)16/h6-7,9H,2-5,8,16H2,1H3. The SMILES string of the molecule is CCOC1CCCN(c2cc(F)c(Br)cc2N)C1. The highest BCUT2D eigenvalue weighted by Crippen LogP contribution is 2.31. The van der Waals surface area contributed by atoms with E-state index in [4.69, 9.17) is 10.5 Å². The predicted octanol–water partition coefficient (Wildman–Crippen LogP) is 3.18. The molecule has 18 heavy (non-hydrogen) atoms. The molecule has 0 spiro atoms. The first-order chi connectivity index (χ1) is 8.61. The summed E-state index contributed by atoms with van der Waals surface area (Å²) < 4.78 is 19.6. The van der Waals surface area contributed by atoms with Gasteiger partial charge in [0.15, 0.2) is 0 Å². The number of halogens is 2. The van der Waals surface area contributed by atoms with Crippen molar-refractivity contribution in [2.45, 2.75) is 25.9 Å². The van der Waals surface area contributed by atoms with Crippen molar-refractivity contribution in [3.05, 3.63) is 22.4 Å². The van der Waals surface area contributed by atoms with Crippen molar-refractivity contribution in [3.8, 4) is 0 Å². The topological polar surface area (TPSA) is 38.5 Å². The zero-order chi connectivity index (χ0) is 13.1. The van der Waals surface area contributed by atoms with Crippen LogP contribution in [0.15, 0.2) is 16.6 Å². The monoisotopic (exact) mass is 316 g/mol. The summed E-state index contributed by atoms with van der Waals surface area (Å²) in [6, 6.07) is 3.11. The molecule has 0 saturated carbocycles. The van der Waals surface area contributed by atoms with E-state index in [1.165, 1.54) is 6.07 Å². The first kappa shape index (κ1) is 13.6. The van der Waals surface area contributed by atoms with E-state index < -0.39 is 0 Å². The molecule has 1 aromatic carbocycles. The lowest BCUT2D eigenvalue weighted by Crippen LogP contribution is -2.40. The van der Waals surface area contributed by atoms with Gasteiger partial charge in [-0.15, -0.1) is 0 Å². The second kappa shape index (κ2) is 5.89. The molecule has 2 rings (SSSR count). The van der Waals surface area contributed by atoms with Gasteiger partial charge < -0.3 is 15.4 Å². The number of ether oxygens (including phenoxy) is 1. The summed E-state index contributed by atoms with van der Waals surface area (Å²) >= 11 is 3.14. The first-order valence-corrected chi connectivity index (χ1v) is 7.02. The van der Waals surface area contributed by atoms with Gasteiger partial charge in [-0.3, -0.25) is 0 Å². The highest BCUT2D eigenvalue weighted by Gasteiger charge is 2.22. The quantitative estimate of drug-likeness (QED) is 0.870. The van der Waals surface area contributed by atoms with Crippen LogP contribution < -0.4 is 10.6 Å². The van der Waals surface area contributed by atoms with Crippen LogP contribution in [0.4, 0.5) is 15.8 Å². The van der Waals surface area contributed by atoms with E-state index in [9.17, 15) is 4.39 Å². The summed E-state index contributed by atoms with van der Waals surface area (Å²) in [4.78, 5) is 2.11. The van der Waals surface area contributed by atoms with E-state index in [1.54, 1.807) is 6.07 Å². The summed E-state index contributed by atoms with van der Waals surface area (Å²) in [5, 5.41) is 0. The van der Waals surface area contributed by atoms with E-state index in [0.29, 0.717) is 16.8 Å². The Balaban J connectivity index is 2.18. The number of rotatable bonds is 3. The molecular weight excluding hydrogens is 299 g/mol. The maximum atomic E-state index is 13.6. The number of nitrogens with zero attached hydrogens (tertiary/aromatic N) is 1. The lowest BCUT2D eigenvalue weighted by molar-refractivity contribution is 0.0527. The average molecular weight is 317 g/mol. The van der Waals surface area contributed by atoms with Gasteiger partial charge in [0, 0.05) is 25.8 Å². The second-order valence-corrected chi connectivity index (χ2v) is 5.35. The highest BCUT2D eigenvalue weighted by molar-refractivity contribution is 9.10. The van der Waals surface area contributed by atoms with Gasteiger partial charge >= 0.3 is 0 Å². The predicted molar refractivity (Wildman–Crippen MR) is 75.4 cm³/mol. The second-order valence-electron chi connectivity index (χ2n) is 4.49. The van der Waals surface area contributed by atoms with E-state index in [2.05, 4.69) is 20.8 Å². The van der Waals surface area contributed by atoms with Gasteiger partial charge in [0.05, 0.1) is 22.0 Å². The Hall–Kier alpha value is -0.810. The molecule has 1 heterocycles. The van der Waals surface area contributed by atoms with Gasteiger partial charge in [-0.1, -0.05) is 0 Å². The van der Waals surface area contributed by atoms with Crippen LogP contribution in [0.5, 0.6) is 0 Å². The van der Waals surface area contributed by atoms with Crippen molar-refractivity contribution in [2.75, 3.05) is 30.3 Å². The van der Waals surface area contributed by atoms with Gasteiger partial charge in [-0.25, -0.2) is 4.39 Å². The number of anilines is 2. The van der Waals surface area contributed by atoms with E-state index in [1.807, 2.05) is 6.92 Å². The summed E-state index contributed by atoms with van der Waals surface area (Å²) in [5.41, 5.74) is 7.32. The molecule has 1 aromatic rings. The lowest BCUT2D eigenvalue weighted by Gasteiger charge is -2.34. The van der Waals surface area contributed by atoms with Crippen LogP contribution in [-0.4, -0.2) is 25.8 Å². The largest absolute Gasteiger partial charge is 0.397 e. The van der Waals surface area contributed by atoms with Crippen LogP contribution in [0.1, 0.15) is 19.8 Å². The fraction of sp³-hybridized carbons (Fsp3) is 0.538. The zero-order valence-corrected chi connectivity index (χ0v) is 12.0. The molecule has 1 fully saturated rings. The third-order valence-corrected chi connectivity index (χ3v) is 3.80. The minimum Gasteiger partial charge on any atom is -0.397 e. The molecule has 0 aliphatic carbocycles. The third-order valence-electron chi connectivity index (χ3n) is 3.19. The number of hydrogen-bond acceptors (Lipinski definition) is 3. The minimum atomic E-state index is -0.280. The molecule has 5 heteroatoms. The molecule has 3 nitrogen and oxygen atoms in total. The molecule has 1 saturated heterocycles. The maximum Gasteiger partial charge on any atom is 0.139 e. The number of hydrogen-bond donors (Lipinski definition) is 1. The Morgan fingerprint density at radius 3 is 3.06 bits per heavy atom. The van der Waals surface area contributed by atoms with Crippen molar-refractivity contribution in [1.29, 1.82) is 0 Å². The Morgan fingerprint density at radius 1 is 1.56 bits per heavy atom. The first-order valence-electron chi connectivity index (χ1n) is 6.23. The van der Waals surface area contributed by atoms with Gasteiger partial charge in [0.2, 0.25) is 0 Å². The van der Waals surface area contributed by atoms with Gasteiger partial charge in [-0.2, -0.15) is 0 Å². The number of nitrogens with two attached hydrogens (primary N) is 1. The average Bonchev–Trinajstić information content (AvgIpc) is 2.34. The fourth-order valence-electron chi connectivity index (χ4n) is 2.35. The van der Waals surface area contributed by atoms with Crippen molar-refractivity contribution in [1.82, 2.24) is 0 Å². The molecule has 0 bridgehead atoms. The fourth-order valence-corrected chi connectivity index (χ4v) is 2.72. The molecular formula is C13H18BrFN2O. The summed E-state index contributed by atoms with van der Waals surface area (Å²) in [6.45, 7) is 4.38. The van der Waals surface area contributed by atoms with Crippen molar-refractivity contribution in [3.63, 3.8) is 0 Å². The van der Waals surface area contributed by atoms with Crippen molar-refractivity contribution in [2.24, 2.45) is 0 Å². The molecule has 1 unspecified atom stereocenters. The lowest BCUT2D eigenvalue weighted by atomic mass is 10.1. The third kappa shape index (κ3) is 2.95. The Bertz CT molecular complexity index is 426. The molecule has 100 valence electrons. The van der Waals surface area contributed by atoms with Crippen molar-refractivity contribution < 1.29 is 9.13 Å². The number of piperidine rings is 1. The zero-order valence-electron chi connectivity index (χ0n) is 10.5. The van der Waals surface area contributed by atoms with Crippen LogP contribution in [0.25, 0.3) is 0 Å². The Morgan fingerprint density at radius 2 is 2.33 bits per heavy atom. The molecule has 0 radical (unpaired) electrons. The molecule has 1 aliphatic heterocycles. The van der Waals surface area contributed by atoms with Gasteiger partial charge in [-0.05, 0) is 41.8 Å². The van der Waals surface area contributed by atoms with Gasteiger partial charge in [0.25, 0.3) is 0 Å². The summed E-state index contributed by atoms with van der Waals surface area (Å²) in [7, 11) is 0. The Labute approximate surface area is 115 Å². The van der Waals surface area contributed by atoms with E-state index >= 15 is 0 Å². The number of nitrogen functional groups attached to an aromatic ring is 1. The Kier molecular flexibility index (Phi) is 4.45. The minimum absolute atomic E-state index is 0.217. The van der Waals surface area contributed by atoms with Crippen LogP contribution in [0, 0.1) is 5.82 Å². The van der Waals surface area contributed by atoms with Crippen LogP contribution in [0.2, 0.25) is 0 Å². The molecule has 2 N–H and O–H groups in total. The molecule has 1 aliphatic rings. The van der Waals surface area contributed by atoms with E-state index in [0.717, 1.165) is 31.6 Å². The van der Waals surface area contributed by atoms with Crippen molar-refractivity contribution >= 4 is 27.3 Å². The van der Waals surface area contributed by atoms with Crippen LogP contribution >= 0.6 is 15.9 Å². The summed E-state index contributed by atoms with van der Waals surface area (Å²) in [6.07, 6.45) is 2.32. The summed E-state index contributed by atoms with van der Waals surface area (Å²) in [5.74, 6) is -0.280. The number of benzene rings is 1. The van der Waals surface area contributed by atoms with Gasteiger partial charge in [0.1, 0.15) is 5.82 Å². The smallest absolute Gasteiger partial charge is 0.139 e.